The molecule has 0 rings (SSSR count). The molecule has 0 aliphatic rings. The fourth-order valence-corrected chi connectivity index (χ4v) is 1.87. The van der Waals surface area contributed by atoms with Crippen molar-refractivity contribution in [1.29, 1.82) is 0 Å². The maximum Gasteiger partial charge on any atom is 0.309 e. The number of methoxy groups -OCH3 is 1. The predicted molar refractivity (Wildman–Crippen MR) is 65.6 cm³/mol. The molecule has 0 bridgehead atoms. The molecule has 16 heavy (non-hydrogen) atoms. The number of carbonyl (C=O) groups is 1. The van der Waals surface area contributed by atoms with E-state index in [4.69, 9.17) is 9.84 Å². The van der Waals surface area contributed by atoms with Gasteiger partial charge in [0.25, 0.3) is 0 Å². The lowest BCUT2D eigenvalue weighted by molar-refractivity contribution is -0.146. The average Bonchev–Trinajstić information content (AvgIpc) is 2.26. The maximum atomic E-state index is 11.0. The molecule has 0 saturated heterocycles. The summed E-state index contributed by atoms with van der Waals surface area (Å²) in [6, 6.07) is 0. The van der Waals surface area contributed by atoms with E-state index in [1.807, 2.05) is 6.92 Å². The first-order chi connectivity index (χ1) is 7.63. The van der Waals surface area contributed by atoms with E-state index in [1.54, 1.807) is 7.11 Å². The zero-order chi connectivity index (χ0) is 12.4. The van der Waals surface area contributed by atoms with E-state index in [1.165, 1.54) is 25.7 Å². The number of hydrogen-bond acceptors (Lipinski definition) is 2. The van der Waals surface area contributed by atoms with Crippen molar-refractivity contribution in [2.24, 2.45) is 5.92 Å². The van der Waals surface area contributed by atoms with E-state index in [9.17, 15) is 4.79 Å². The fraction of sp³-hybridized carbons (Fsp3) is 0.923. The Morgan fingerprint density at radius 1 is 1.19 bits per heavy atom. The molecular formula is C13H26O3. The lowest BCUT2D eigenvalue weighted by atomic mass is 9.96. The van der Waals surface area contributed by atoms with Gasteiger partial charge in [0.2, 0.25) is 0 Å². The second-order valence-electron chi connectivity index (χ2n) is 4.44. The van der Waals surface area contributed by atoms with Crippen molar-refractivity contribution < 1.29 is 14.6 Å². The molecule has 0 aliphatic carbocycles. The number of carboxylic acids is 1. The highest BCUT2D eigenvalue weighted by Crippen LogP contribution is 2.17. The zero-order valence-electron chi connectivity index (χ0n) is 10.9. The van der Waals surface area contributed by atoms with Crippen LogP contribution >= 0.6 is 0 Å². The molecule has 0 aromatic rings. The number of aliphatic carboxylic acids is 1. The van der Waals surface area contributed by atoms with Crippen molar-refractivity contribution in [3.05, 3.63) is 0 Å². The van der Waals surface area contributed by atoms with Crippen LogP contribution in [0.4, 0.5) is 0 Å². The zero-order valence-corrected chi connectivity index (χ0v) is 10.9. The topological polar surface area (TPSA) is 46.5 Å². The second kappa shape index (κ2) is 9.64. The second-order valence-corrected chi connectivity index (χ2v) is 4.44. The molecule has 0 radical (unpaired) electrons. The minimum atomic E-state index is -0.733. The van der Waals surface area contributed by atoms with E-state index in [0.717, 1.165) is 19.3 Å². The summed E-state index contributed by atoms with van der Waals surface area (Å²) in [7, 11) is 1.57. The van der Waals surface area contributed by atoms with Crippen molar-refractivity contribution in [2.45, 2.75) is 64.9 Å². The normalized spacial score (nSPS) is 14.7. The molecule has 0 amide bonds. The minimum absolute atomic E-state index is 0.187. The van der Waals surface area contributed by atoms with E-state index in [2.05, 4.69) is 6.92 Å². The first-order valence-corrected chi connectivity index (χ1v) is 6.39. The first-order valence-electron chi connectivity index (χ1n) is 6.39. The van der Waals surface area contributed by atoms with Crippen molar-refractivity contribution in [3.63, 3.8) is 0 Å². The molecular weight excluding hydrogens is 204 g/mol. The molecule has 0 saturated carbocycles. The summed E-state index contributed by atoms with van der Waals surface area (Å²) in [6.07, 6.45) is 7.71. The van der Waals surface area contributed by atoms with Crippen LogP contribution in [-0.2, 0) is 9.53 Å². The van der Waals surface area contributed by atoms with Gasteiger partial charge in [0.1, 0.15) is 0 Å². The van der Waals surface area contributed by atoms with Crippen LogP contribution in [0, 0.1) is 5.92 Å². The van der Waals surface area contributed by atoms with Gasteiger partial charge in [-0.1, -0.05) is 45.4 Å². The van der Waals surface area contributed by atoms with E-state index < -0.39 is 5.97 Å². The molecule has 0 fully saturated rings. The van der Waals surface area contributed by atoms with Gasteiger partial charge in [-0.05, 0) is 13.3 Å². The lowest BCUT2D eigenvalue weighted by Gasteiger charge is -2.18. The van der Waals surface area contributed by atoms with Crippen LogP contribution in [0.1, 0.15) is 58.8 Å². The third kappa shape index (κ3) is 6.83. The summed E-state index contributed by atoms with van der Waals surface area (Å²) in [5.41, 5.74) is 0. The Labute approximate surface area is 99.2 Å². The fourth-order valence-electron chi connectivity index (χ4n) is 1.87. The SMILES string of the molecule is CCCCCCCCC(C(=O)O)C(C)OC. The summed E-state index contributed by atoms with van der Waals surface area (Å²) in [6.45, 7) is 4.02. The van der Waals surface area contributed by atoms with Crippen LogP contribution < -0.4 is 0 Å². The Morgan fingerprint density at radius 3 is 2.25 bits per heavy atom. The van der Waals surface area contributed by atoms with Gasteiger partial charge in [-0.25, -0.2) is 0 Å². The molecule has 1 N–H and O–H groups in total. The Bertz CT molecular complexity index is 180. The molecule has 0 spiro atoms. The van der Waals surface area contributed by atoms with E-state index >= 15 is 0 Å². The van der Waals surface area contributed by atoms with Gasteiger partial charge in [0.05, 0.1) is 12.0 Å². The molecule has 0 aliphatic heterocycles. The Kier molecular flexibility index (Phi) is 9.30. The van der Waals surface area contributed by atoms with Gasteiger partial charge in [-0.15, -0.1) is 0 Å². The van der Waals surface area contributed by atoms with Crippen LogP contribution in [0.2, 0.25) is 0 Å². The van der Waals surface area contributed by atoms with Crippen molar-refractivity contribution >= 4 is 5.97 Å². The van der Waals surface area contributed by atoms with Gasteiger partial charge in [0.15, 0.2) is 0 Å². The molecule has 0 heterocycles. The number of rotatable bonds is 10. The van der Waals surface area contributed by atoms with Crippen molar-refractivity contribution in [2.75, 3.05) is 7.11 Å². The maximum absolute atomic E-state index is 11.0. The summed E-state index contributed by atoms with van der Waals surface area (Å²) in [5.74, 6) is -1.08. The first kappa shape index (κ1) is 15.4. The Hall–Kier alpha value is -0.570. The van der Waals surface area contributed by atoms with Crippen molar-refractivity contribution in [1.82, 2.24) is 0 Å². The molecule has 2 atom stereocenters. The number of ether oxygens (including phenoxy) is 1. The smallest absolute Gasteiger partial charge is 0.309 e. The third-order valence-electron chi connectivity index (χ3n) is 3.12. The minimum Gasteiger partial charge on any atom is -0.481 e. The average molecular weight is 230 g/mol. The largest absolute Gasteiger partial charge is 0.481 e. The standard InChI is InChI=1S/C13H26O3/c1-4-5-6-7-8-9-10-12(13(14)15)11(2)16-3/h11-12H,4-10H2,1-3H3,(H,14,15). The van der Waals surface area contributed by atoms with Crippen LogP contribution in [0.3, 0.4) is 0 Å². The quantitative estimate of drug-likeness (QED) is 0.584. The van der Waals surface area contributed by atoms with Gasteiger partial charge < -0.3 is 9.84 Å². The highest BCUT2D eigenvalue weighted by Gasteiger charge is 2.23. The van der Waals surface area contributed by atoms with Gasteiger partial charge >= 0.3 is 5.97 Å². The molecule has 3 heteroatoms. The Balaban J connectivity index is 3.65. The number of hydrogen-bond donors (Lipinski definition) is 1. The predicted octanol–water partition coefficient (Wildman–Crippen LogP) is 3.47. The summed E-state index contributed by atoms with van der Waals surface area (Å²) < 4.78 is 5.09. The highest BCUT2D eigenvalue weighted by atomic mass is 16.5. The van der Waals surface area contributed by atoms with Crippen molar-refractivity contribution in [3.8, 4) is 0 Å². The monoisotopic (exact) mass is 230 g/mol. The van der Waals surface area contributed by atoms with Gasteiger partial charge in [-0.2, -0.15) is 0 Å². The summed E-state index contributed by atoms with van der Waals surface area (Å²) in [4.78, 5) is 11.0. The molecule has 0 aromatic heterocycles. The molecule has 96 valence electrons. The van der Waals surface area contributed by atoms with Crippen LogP contribution in [-0.4, -0.2) is 24.3 Å². The van der Waals surface area contributed by atoms with E-state index in [0.29, 0.717) is 0 Å². The molecule has 0 aromatic carbocycles. The van der Waals surface area contributed by atoms with Gasteiger partial charge in [-0.3, -0.25) is 4.79 Å². The van der Waals surface area contributed by atoms with E-state index in [-0.39, 0.29) is 12.0 Å². The van der Waals surface area contributed by atoms with Crippen LogP contribution in [0.15, 0.2) is 0 Å². The van der Waals surface area contributed by atoms with Crippen LogP contribution in [0.5, 0.6) is 0 Å². The highest BCUT2D eigenvalue weighted by molar-refractivity contribution is 5.70. The number of unbranched alkanes of at least 4 members (excludes halogenated alkanes) is 5. The van der Waals surface area contributed by atoms with Gasteiger partial charge in [0, 0.05) is 7.11 Å². The van der Waals surface area contributed by atoms with Crippen LogP contribution in [0.25, 0.3) is 0 Å². The summed E-state index contributed by atoms with van der Waals surface area (Å²) >= 11 is 0. The summed E-state index contributed by atoms with van der Waals surface area (Å²) in [5, 5.41) is 9.04. The number of carboxylic acid groups (broad SMARTS) is 1. The Morgan fingerprint density at radius 2 is 1.75 bits per heavy atom. The lowest BCUT2D eigenvalue weighted by Crippen LogP contribution is -2.27. The molecule has 3 nitrogen and oxygen atoms in total. The molecule has 2 unspecified atom stereocenters. The third-order valence-corrected chi connectivity index (χ3v) is 3.12.